The van der Waals surface area contributed by atoms with Crippen molar-refractivity contribution < 1.29 is 14.3 Å². The lowest BCUT2D eigenvalue weighted by Gasteiger charge is -2.04. The van der Waals surface area contributed by atoms with Crippen molar-refractivity contribution in [2.75, 3.05) is 13.4 Å². The summed E-state index contributed by atoms with van der Waals surface area (Å²) in [5, 5.41) is 0. The van der Waals surface area contributed by atoms with Gasteiger partial charge in [-0.3, -0.25) is 0 Å². The van der Waals surface area contributed by atoms with Crippen LogP contribution in [0.15, 0.2) is 40.6 Å². The van der Waals surface area contributed by atoms with Gasteiger partial charge in [-0.1, -0.05) is 18.2 Å². The van der Waals surface area contributed by atoms with Gasteiger partial charge in [-0.15, -0.1) is 23.1 Å². The van der Waals surface area contributed by atoms with Crippen LogP contribution in [0.1, 0.15) is 9.67 Å². The van der Waals surface area contributed by atoms with E-state index in [2.05, 4.69) is 0 Å². The predicted molar refractivity (Wildman–Crippen MR) is 74.0 cm³/mol. The van der Waals surface area contributed by atoms with Gasteiger partial charge < -0.3 is 9.47 Å². The van der Waals surface area contributed by atoms with Gasteiger partial charge in [0.15, 0.2) is 5.75 Å². The lowest BCUT2D eigenvalue weighted by molar-refractivity contribution is 0.0606. The van der Waals surface area contributed by atoms with Crippen molar-refractivity contribution >= 4 is 29.1 Å². The number of para-hydroxylation sites is 1. The first-order chi connectivity index (χ1) is 8.74. The molecule has 0 bridgehead atoms. The molecule has 0 saturated heterocycles. The third-order valence-electron chi connectivity index (χ3n) is 2.21. The van der Waals surface area contributed by atoms with Crippen LogP contribution in [0.3, 0.4) is 0 Å². The number of thiophene rings is 1. The highest BCUT2D eigenvalue weighted by Crippen LogP contribution is 2.39. The number of carbonyl (C=O) groups is 1. The molecule has 0 aliphatic rings. The number of methoxy groups -OCH3 is 1. The third-order valence-corrected chi connectivity index (χ3v) is 4.42. The number of hydrogen-bond donors (Lipinski definition) is 0. The van der Waals surface area contributed by atoms with Crippen LogP contribution in [-0.4, -0.2) is 19.3 Å². The van der Waals surface area contributed by atoms with Crippen molar-refractivity contribution in [3.63, 3.8) is 0 Å². The van der Waals surface area contributed by atoms with Gasteiger partial charge in [0.2, 0.25) is 0 Å². The SMILES string of the molecule is COC(=O)c1cc(Oc2ccccc2)c(SC)s1. The van der Waals surface area contributed by atoms with Crippen LogP contribution in [0.4, 0.5) is 0 Å². The van der Waals surface area contributed by atoms with E-state index in [-0.39, 0.29) is 5.97 Å². The second kappa shape index (κ2) is 5.93. The van der Waals surface area contributed by atoms with Crippen LogP contribution in [0, 0.1) is 0 Å². The molecule has 0 saturated carbocycles. The summed E-state index contributed by atoms with van der Waals surface area (Å²) in [7, 11) is 1.37. The monoisotopic (exact) mass is 280 g/mol. The Morgan fingerprint density at radius 2 is 2.00 bits per heavy atom. The van der Waals surface area contributed by atoms with Crippen molar-refractivity contribution in [2.24, 2.45) is 0 Å². The molecular weight excluding hydrogens is 268 g/mol. The molecule has 5 heteroatoms. The van der Waals surface area contributed by atoms with Crippen LogP contribution < -0.4 is 4.74 Å². The van der Waals surface area contributed by atoms with Crippen molar-refractivity contribution in [3.8, 4) is 11.5 Å². The molecule has 0 N–H and O–H groups in total. The molecule has 94 valence electrons. The summed E-state index contributed by atoms with van der Waals surface area (Å²) in [5.74, 6) is 1.11. The van der Waals surface area contributed by atoms with E-state index in [9.17, 15) is 4.79 Å². The molecule has 0 aliphatic heterocycles. The zero-order valence-electron chi connectivity index (χ0n) is 10.0. The molecule has 1 aromatic carbocycles. The Labute approximate surface area is 114 Å². The molecule has 2 aromatic rings. The highest BCUT2D eigenvalue weighted by molar-refractivity contribution is 8.00. The predicted octanol–water partition coefficient (Wildman–Crippen LogP) is 4.05. The first-order valence-electron chi connectivity index (χ1n) is 5.23. The van der Waals surface area contributed by atoms with Crippen molar-refractivity contribution in [3.05, 3.63) is 41.3 Å². The maximum Gasteiger partial charge on any atom is 0.348 e. The minimum absolute atomic E-state index is 0.335. The Hall–Kier alpha value is -1.46. The summed E-state index contributed by atoms with van der Waals surface area (Å²) in [6.45, 7) is 0. The number of esters is 1. The fourth-order valence-corrected chi connectivity index (χ4v) is 3.03. The molecule has 0 amide bonds. The van der Waals surface area contributed by atoms with E-state index < -0.39 is 0 Å². The van der Waals surface area contributed by atoms with Crippen molar-refractivity contribution in [2.45, 2.75) is 4.21 Å². The number of hydrogen-bond acceptors (Lipinski definition) is 5. The first kappa shape index (κ1) is 13.0. The lowest BCUT2D eigenvalue weighted by Crippen LogP contribution is -1.96. The molecule has 0 aliphatic carbocycles. The summed E-state index contributed by atoms with van der Waals surface area (Å²) in [6, 6.07) is 11.2. The normalized spacial score (nSPS) is 10.1. The summed E-state index contributed by atoms with van der Waals surface area (Å²) >= 11 is 2.92. The highest BCUT2D eigenvalue weighted by atomic mass is 32.2. The number of rotatable bonds is 4. The third kappa shape index (κ3) is 2.86. The van der Waals surface area contributed by atoms with E-state index in [1.165, 1.54) is 18.4 Å². The second-order valence-corrected chi connectivity index (χ2v) is 5.50. The van der Waals surface area contributed by atoms with E-state index in [4.69, 9.17) is 9.47 Å². The molecule has 3 nitrogen and oxygen atoms in total. The smallest absolute Gasteiger partial charge is 0.348 e. The molecule has 18 heavy (non-hydrogen) atoms. The Morgan fingerprint density at radius 3 is 2.61 bits per heavy atom. The van der Waals surface area contributed by atoms with E-state index in [1.807, 2.05) is 36.6 Å². The maximum absolute atomic E-state index is 11.5. The van der Waals surface area contributed by atoms with Crippen LogP contribution in [0.25, 0.3) is 0 Å². The zero-order chi connectivity index (χ0) is 13.0. The summed E-state index contributed by atoms with van der Waals surface area (Å²) in [6.07, 6.45) is 1.95. The van der Waals surface area contributed by atoms with E-state index in [0.29, 0.717) is 10.6 Å². The zero-order valence-corrected chi connectivity index (χ0v) is 11.6. The highest BCUT2D eigenvalue weighted by Gasteiger charge is 2.16. The summed E-state index contributed by atoms with van der Waals surface area (Å²) < 4.78 is 11.4. The number of ether oxygens (including phenoxy) is 2. The van der Waals surface area contributed by atoms with E-state index >= 15 is 0 Å². The average Bonchev–Trinajstić information content (AvgIpc) is 2.82. The van der Waals surface area contributed by atoms with Gasteiger partial charge >= 0.3 is 5.97 Å². The number of thioether (sulfide) groups is 1. The van der Waals surface area contributed by atoms with Crippen LogP contribution >= 0.6 is 23.1 Å². The Balaban J connectivity index is 2.27. The van der Waals surface area contributed by atoms with Gasteiger partial charge in [0.1, 0.15) is 14.8 Å². The molecule has 2 rings (SSSR count). The van der Waals surface area contributed by atoms with E-state index in [1.54, 1.807) is 17.8 Å². The van der Waals surface area contributed by atoms with Gasteiger partial charge in [0.05, 0.1) is 7.11 Å². The second-order valence-electron chi connectivity index (χ2n) is 3.37. The first-order valence-corrected chi connectivity index (χ1v) is 7.27. The van der Waals surface area contributed by atoms with Crippen LogP contribution in [-0.2, 0) is 4.74 Å². The number of benzene rings is 1. The fraction of sp³-hybridized carbons (Fsp3) is 0.154. The molecule has 0 radical (unpaired) electrons. The average molecular weight is 280 g/mol. The van der Waals surface area contributed by atoms with E-state index in [0.717, 1.165) is 9.96 Å². The van der Waals surface area contributed by atoms with Crippen LogP contribution in [0.2, 0.25) is 0 Å². The largest absolute Gasteiger partial charge is 0.465 e. The maximum atomic E-state index is 11.5. The quantitative estimate of drug-likeness (QED) is 0.625. The summed E-state index contributed by atoms with van der Waals surface area (Å²) in [4.78, 5) is 12.0. The molecule has 1 aromatic heterocycles. The molecule has 0 atom stereocenters. The molecule has 0 unspecified atom stereocenters. The van der Waals surface area contributed by atoms with Gasteiger partial charge in [-0.05, 0) is 18.4 Å². The van der Waals surface area contributed by atoms with Gasteiger partial charge in [0, 0.05) is 6.07 Å². The molecular formula is C13H12O3S2. The van der Waals surface area contributed by atoms with Crippen molar-refractivity contribution in [1.29, 1.82) is 0 Å². The molecule has 0 spiro atoms. The number of carbonyl (C=O) groups excluding carboxylic acids is 1. The minimum Gasteiger partial charge on any atom is -0.465 e. The van der Waals surface area contributed by atoms with Crippen molar-refractivity contribution in [1.82, 2.24) is 0 Å². The molecule has 0 fully saturated rings. The Kier molecular flexibility index (Phi) is 4.28. The van der Waals surface area contributed by atoms with Crippen LogP contribution in [0.5, 0.6) is 11.5 Å². The molecule has 1 heterocycles. The topological polar surface area (TPSA) is 35.5 Å². The Morgan fingerprint density at radius 1 is 1.28 bits per heavy atom. The Bertz CT molecular complexity index is 534. The lowest BCUT2D eigenvalue weighted by atomic mass is 10.3. The van der Waals surface area contributed by atoms with Gasteiger partial charge in [0.25, 0.3) is 0 Å². The van der Waals surface area contributed by atoms with Gasteiger partial charge in [-0.2, -0.15) is 0 Å². The van der Waals surface area contributed by atoms with Gasteiger partial charge in [-0.25, -0.2) is 4.79 Å². The summed E-state index contributed by atoms with van der Waals surface area (Å²) in [5.41, 5.74) is 0. The fourth-order valence-electron chi connectivity index (χ4n) is 1.39. The minimum atomic E-state index is -0.335. The standard InChI is InChI=1S/C13H12O3S2/c1-15-12(14)11-8-10(13(17-2)18-11)16-9-6-4-3-5-7-9/h3-8H,1-2H3.